The van der Waals surface area contributed by atoms with Crippen molar-refractivity contribution >= 4 is 44.9 Å². The fourth-order valence-corrected chi connectivity index (χ4v) is 2.88. The molecule has 0 spiro atoms. The summed E-state index contributed by atoms with van der Waals surface area (Å²) in [7, 11) is 0. The van der Waals surface area contributed by atoms with Crippen molar-refractivity contribution in [2.45, 2.75) is 18.9 Å². The number of nitrogens with two attached hydrogens (primary N) is 1. The Hall–Kier alpha value is -2.74. The summed E-state index contributed by atoms with van der Waals surface area (Å²) in [5.74, 6) is 0.351. The standard InChI is InChI=1S/C15H14N6OS/c16-13(22)10-6-17-15(21-14(10)19-8-1-2-8)20-9-3-4-12-11(5-9)18-7-23-12/h3-8H,1-2H2,(H2,16,22)(H2,17,19,20,21). The largest absolute Gasteiger partial charge is 0.367 e. The Morgan fingerprint density at radius 1 is 1.30 bits per heavy atom. The van der Waals surface area contributed by atoms with Gasteiger partial charge in [-0.15, -0.1) is 11.3 Å². The SMILES string of the molecule is NC(=O)c1cnc(Nc2ccc3scnc3c2)nc1NC1CC1. The van der Waals surface area contributed by atoms with E-state index in [9.17, 15) is 4.79 Å². The lowest BCUT2D eigenvalue weighted by Gasteiger charge is -2.10. The van der Waals surface area contributed by atoms with E-state index in [2.05, 4.69) is 25.6 Å². The molecule has 1 saturated carbocycles. The summed E-state index contributed by atoms with van der Waals surface area (Å²) in [6, 6.07) is 6.24. The van der Waals surface area contributed by atoms with Crippen LogP contribution in [0.4, 0.5) is 17.5 Å². The van der Waals surface area contributed by atoms with Crippen LogP contribution in [0.1, 0.15) is 23.2 Å². The van der Waals surface area contributed by atoms with E-state index in [1.807, 2.05) is 23.7 Å². The fraction of sp³-hybridized carbons (Fsp3) is 0.200. The number of benzene rings is 1. The molecule has 116 valence electrons. The van der Waals surface area contributed by atoms with Gasteiger partial charge in [0.1, 0.15) is 5.82 Å². The first-order valence-corrected chi connectivity index (χ1v) is 8.10. The number of hydrogen-bond donors (Lipinski definition) is 3. The van der Waals surface area contributed by atoms with Crippen molar-refractivity contribution in [3.63, 3.8) is 0 Å². The highest BCUT2D eigenvalue weighted by molar-refractivity contribution is 7.16. The van der Waals surface area contributed by atoms with Crippen molar-refractivity contribution in [3.05, 3.63) is 35.5 Å². The van der Waals surface area contributed by atoms with Crippen LogP contribution in [0.25, 0.3) is 10.2 Å². The Morgan fingerprint density at radius 2 is 2.17 bits per heavy atom. The van der Waals surface area contributed by atoms with Crippen LogP contribution in [-0.4, -0.2) is 26.9 Å². The van der Waals surface area contributed by atoms with E-state index in [4.69, 9.17) is 5.73 Å². The van der Waals surface area contributed by atoms with Crippen molar-refractivity contribution in [2.75, 3.05) is 10.6 Å². The Kier molecular flexibility index (Phi) is 3.30. The number of nitrogens with zero attached hydrogens (tertiary/aromatic N) is 3. The first-order chi connectivity index (χ1) is 11.2. The zero-order valence-corrected chi connectivity index (χ0v) is 12.9. The minimum Gasteiger partial charge on any atom is -0.367 e. The van der Waals surface area contributed by atoms with Crippen LogP contribution in [0.5, 0.6) is 0 Å². The molecule has 4 rings (SSSR count). The van der Waals surface area contributed by atoms with Gasteiger partial charge in [0, 0.05) is 17.9 Å². The third-order valence-electron chi connectivity index (χ3n) is 3.56. The molecule has 7 nitrogen and oxygen atoms in total. The lowest BCUT2D eigenvalue weighted by molar-refractivity contribution is 0.100. The summed E-state index contributed by atoms with van der Waals surface area (Å²) in [5.41, 5.74) is 9.25. The molecule has 1 aromatic carbocycles. The Balaban J connectivity index is 1.63. The normalized spacial score (nSPS) is 13.9. The van der Waals surface area contributed by atoms with Gasteiger partial charge in [0.25, 0.3) is 5.91 Å². The predicted octanol–water partition coefficient (Wildman–Crippen LogP) is 2.50. The van der Waals surface area contributed by atoms with Crippen molar-refractivity contribution in [1.82, 2.24) is 15.0 Å². The lowest BCUT2D eigenvalue weighted by Crippen LogP contribution is -2.17. The summed E-state index contributed by atoms with van der Waals surface area (Å²) >= 11 is 1.59. The number of hydrogen-bond acceptors (Lipinski definition) is 7. The van der Waals surface area contributed by atoms with Gasteiger partial charge < -0.3 is 16.4 Å². The number of carbonyl (C=O) groups is 1. The van der Waals surface area contributed by atoms with Crippen molar-refractivity contribution in [2.24, 2.45) is 5.73 Å². The van der Waals surface area contributed by atoms with E-state index >= 15 is 0 Å². The van der Waals surface area contributed by atoms with Gasteiger partial charge in [-0.2, -0.15) is 4.98 Å². The summed E-state index contributed by atoms with van der Waals surface area (Å²) < 4.78 is 1.12. The van der Waals surface area contributed by atoms with Crippen LogP contribution in [0.3, 0.4) is 0 Å². The van der Waals surface area contributed by atoms with E-state index in [-0.39, 0.29) is 0 Å². The molecule has 3 aromatic rings. The van der Waals surface area contributed by atoms with Gasteiger partial charge in [-0.1, -0.05) is 0 Å². The summed E-state index contributed by atoms with van der Waals surface area (Å²) in [5, 5.41) is 6.35. The van der Waals surface area contributed by atoms with E-state index in [0.717, 1.165) is 28.7 Å². The van der Waals surface area contributed by atoms with E-state index in [0.29, 0.717) is 23.4 Å². The second-order valence-corrected chi connectivity index (χ2v) is 6.28. The van der Waals surface area contributed by atoms with Gasteiger partial charge >= 0.3 is 0 Å². The number of aromatic nitrogens is 3. The van der Waals surface area contributed by atoms with Gasteiger partial charge in [0.2, 0.25) is 5.95 Å². The predicted molar refractivity (Wildman–Crippen MR) is 90.1 cm³/mol. The number of thiazole rings is 1. The number of primary amides is 1. The van der Waals surface area contributed by atoms with Crippen molar-refractivity contribution < 1.29 is 4.79 Å². The molecular weight excluding hydrogens is 312 g/mol. The molecule has 2 aromatic heterocycles. The zero-order chi connectivity index (χ0) is 15.8. The molecule has 23 heavy (non-hydrogen) atoms. The van der Waals surface area contributed by atoms with E-state index in [1.165, 1.54) is 6.20 Å². The molecule has 0 saturated heterocycles. The van der Waals surface area contributed by atoms with Gasteiger partial charge in [0.15, 0.2) is 0 Å². The minimum atomic E-state index is -0.538. The number of anilines is 3. The van der Waals surface area contributed by atoms with Crippen LogP contribution in [-0.2, 0) is 0 Å². The molecule has 1 aliphatic carbocycles. The first kappa shape index (κ1) is 13.9. The highest BCUT2D eigenvalue weighted by Crippen LogP contribution is 2.27. The average Bonchev–Trinajstić information content (AvgIpc) is 3.22. The number of carbonyl (C=O) groups excluding carboxylic acids is 1. The van der Waals surface area contributed by atoms with Gasteiger partial charge in [-0.25, -0.2) is 9.97 Å². The third kappa shape index (κ3) is 2.93. The Labute approximate surface area is 136 Å². The molecule has 0 bridgehead atoms. The molecule has 0 radical (unpaired) electrons. The van der Waals surface area contributed by atoms with Crippen LogP contribution in [0.15, 0.2) is 29.9 Å². The first-order valence-electron chi connectivity index (χ1n) is 7.23. The number of amides is 1. The molecule has 0 atom stereocenters. The highest BCUT2D eigenvalue weighted by Gasteiger charge is 2.24. The smallest absolute Gasteiger partial charge is 0.254 e. The average molecular weight is 326 g/mol. The molecule has 8 heteroatoms. The molecule has 0 unspecified atom stereocenters. The zero-order valence-electron chi connectivity index (χ0n) is 12.1. The number of nitrogens with one attached hydrogen (secondary N) is 2. The van der Waals surface area contributed by atoms with E-state index < -0.39 is 5.91 Å². The van der Waals surface area contributed by atoms with Gasteiger partial charge in [-0.05, 0) is 31.0 Å². The second-order valence-electron chi connectivity index (χ2n) is 5.40. The summed E-state index contributed by atoms with van der Waals surface area (Å²) in [4.78, 5) is 24.3. The molecule has 1 amide bonds. The maximum absolute atomic E-state index is 11.5. The van der Waals surface area contributed by atoms with Crippen molar-refractivity contribution in [3.8, 4) is 0 Å². The van der Waals surface area contributed by atoms with Gasteiger partial charge in [-0.3, -0.25) is 4.79 Å². The van der Waals surface area contributed by atoms with Crippen LogP contribution in [0.2, 0.25) is 0 Å². The summed E-state index contributed by atoms with van der Waals surface area (Å²) in [6.07, 6.45) is 3.60. The molecule has 4 N–H and O–H groups in total. The topological polar surface area (TPSA) is 106 Å². The van der Waals surface area contributed by atoms with E-state index in [1.54, 1.807) is 11.3 Å². The number of rotatable bonds is 5. The second kappa shape index (κ2) is 5.47. The molecular formula is C15H14N6OS. The van der Waals surface area contributed by atoms with Crippen molar-refractivity contribution in [1.29, 1.82) is 0 Å². The maximum Gasteiger partial charge on any atom is 0.254 e. The monoisotopic (exact) mass is 326 g/mol. The summed E-state index contributed by atoms with van der Waals surface area (Å²) in [6.45, 7) is 0. The molecule has 2 heterocycles. The minimum absolute atomic E-state index is 0.303. The highest BCUT2D eigenvalue weighted by atomic mass is 32.1. The molecule has 1 aliphatic rings. The molecule has 0 aliphatic heterocycles. The van der Waals surface area contributed by atoms with Crippen LogP contribution in [0, 0.1) is 0 Å². The van der Waals surface area contributed by atoms with Crippen LogP contribution < -0.4 is 16.4 Å². The number of fused-ring (bicyclic) bond motifs is 1. The Bertz CT molecular complexity index is 889. The third-order valence-corrected chi connectivity index (χ3v) is 4.37. The van der Waals surface area contributed by atoms with Gasteiger partial charge in [0.05, 0.1) is 21.3 Å². The Morgan fingerprint density at radius 3 is 2.96 bits per heavy atom. The fourth-order valence-electron chi connectivity index (χ4n) is 2.22. The lowest BCUT2D eigenvalue weighted by atomic mass is 10.3. The van der Waals surface area contributed by atoms with Crippen LogP contribution >= 0.6 is 11.3 Å². The quantitative estimate of drug-likeness (QED) is 0.665. The molecule has 1 fully saturated rings. The maximum atomic E-state index is 11.5.